The van der Waals surface area contributed by atoms with E-state index < -0.39 is 5.97 Å². The Hall–Kier alpha value is -2.90. The third kappa shape index (κ3) is 5.55. The van der Waals surface area contributed by atoms with Crippen molar-refractivity contribution in [3.63, 3.8) is 0 Å². The van der Waals surface area contributed by atoms with Crippen molar-refractivity contribution < 1.29 is 24.2 Å². The first-order chi connectivity index (χ1) is 13.5. The van der Waals surface area contributed by atoms with Crippen molar-refractivity contribution in [2.75, 3.05) is 39.8 Å². The summed E-state index contributed by atoms with van der Waals surface area (Å²) >= 11 is 0. The zero-order valence-electron chi connectivity index (χ0n) is 15.8. The Balaban J connectivity index is 1.63. The second kappa shape index (κ2) is 9.34. The first-order valence-corrected chi connectivity index (χ1v) is 9.15. The zero-order chi connectivity index (χ0) is 19.9. The zero-order valence-corrected chi connectivity index (χ0v) is 15.8. The lowest BCUT2D eigenvalue weighted by molar-refractivity contribution is -0.138. The predicted molar refractivity (Wildman–Crippen MR) is 104 cm³/mol. The van der Waals surface area contributed by atoms with Crippen LogP contribution in [0.25, 0.3) is 0 Å². The molecule has 0 radical (unpaired) electrons. The van der Waals surface area contributed by atoms with Crippen molar-refractivity contribution in [1.29, 1.82) is 0 Å². The number of aliphatic carboxylic acids is 1. The second-order valence-electron chi connectivity index (χ2n) is 6.78. The molecule has 1 aliphatic heterocycles. The fourth-order valence-corrected chi connectivity index (χ4v) is 3.16. The lowest BCUT2D eigenvalue weighted by Gasteiger charge is -2.34. The number of morpholine rings is 1. The number of ether oxygens (including phenoxy) is 2. The summed E-state index contributed by atoms with van der Waals surface area (Å²) in [5.41, 5.74) is 0.549. The van der Waals surface area contributed by atoms with E-state index in [9.17, 15) is 9.59 Å². The number of rotatable bonds is 7. The molecule has 7 heteroatoms. The summed E-state index contributed by atoms with van der Waals surface area (Å²) in [5, 5.41) is 8.88. The van der Waals surface area contributed by atoms with Crippen molar-refractivity contribution in [3.05, 3.63) is 60.2 Å². The lowest BCUT2D eigenvalue weighted by Crippen LogP contribution is -2.49. The molecule has 1 heterocycles. The summed E-state index contributed by atoms with van der Waals surface area (Å²) in [6.45, 7) is 1.74. The maximum absolute atomic E-state index is 12.9. The van der Waals surface area contributed by atoms with E-state index in [1.54, 1.807) is 35.0 Å². The largest absolute Gasteiger partial charge is 0.480 e. The van der Waals surface area contributed by atoms with Crippen LogP contribution in [0.1, 0.15) is 10.4 Å². The molecule has 148 valence electrons. The van der Waals surface area contributed by atoms with Crippen LogP contribution in [0.15, 0.2) is 54.6 Å². The molecule has 1 amide bonds. The van der Waals surface area contributed by atoms with Crippen LogP contribution in [-0.4, -0.2) is 72.7 Å². The monoisotopic (exact) mass is 384 g/mol. The topological polar surface area (TPSA) is 79.3 Å². The number of hydrogen-bond acceptors (Lipinski definition) is 5. The van der Waals surface area contributed by atoms with E-state index in [0.29, 0.717) is 43.3 Å². The van der Waals surface area contributed by atoms with Gasteiger partial charge in [-0.25, -0.2) is 0 Å². The number of amides is 1. The molecule has 0 spiro atoms. The SMILES string of the molecule is CN(CC(=O)O)CC1CN(C(=O)c2cccc(Oc3ccccc3)c2)CCO1. The summed E-state index contributed by atoms with van der Waals surface area (Å²) in [5.74, 6) is 0.331. The van der Waals surface area contributed by atoms with Gasteiger partial charge < -0.3 is 19.5 Å². The average molecular weight is 384 g/mol. The van der Waals surface area contributed by atoms with Crippen molar-refractivity contribution >= 4 is 11.9 Å². The van der Waals surface area contributed by atoms with Crippen molar-refractivity contribution in [2.45, 2.75) is 6.10 Å². The molecule has 1 saturated heterocycles. The molecule has 1 fully saturated rings. The average Bonchev–Trinajstić information content (AvgIpc) is 2.68. The highest BCUT2D eigenvalue weighted by Crippen LogP contribution is 2.23. The first kappa shape index (κ1) is 19.9. The maximum atomic E-state index is 12.9. The van der Waals surface area contributed by atoms with Gasteiger partial charge in [0, 0.05) is 25.2 Å². The molecule has 1 atom stereocenters. The number of likely N-dealkylation sites (N-methyl/N-ethyl adjacent to an activating group) is 1. The van der Waals surface area contributed by atoms with Crippen LogP contribution < -0.4 is 4.74 Å². The van der Waals surface area contributed by atoms with E-state index in [2.05, 4.69) is 0 Å². The molecule has 28 heavy (non-hydrogen) atoms. The van der Waals surface area contributed by atoms with Crippen LogP contribution in [0.4, 0.5) is 0 Å². The van der Waals surface area contributed by atoms with Crippen LogP contribution in [0, 0.1) is 0 Å². The number of para-hydroxylation sites is 1. The molecule has 1 N–H and O–H groups in total. The van der Waals surface area contributed by atoms with Gasteiger partial charge in [0.05, 0.1) is 19.3 Å². The van der Waals surface area contributed by atoms with Crippen LogP contribution >= 0.6 is 0 Å². The Morgan fingerprint density at radius 1 is 1.18 bits per heavy atom. The molecule has 0 bridgehead atoms. The highest BCUT2D eigenvalue weighted by atomic mass is 16.5. The van der Waals surface area contributed by atoms with Gasteiger partial charge in [-0.3, -0.25) is 14.5 Å². The minimum atomic E-state index is -0.888. The molecular formula is C21H24N2O5. The van der Waals surface area contributed by atoms with Gasteiger partial charge in [0.1, 0.15) is 11.5 Å². The molecule has 7 nitrogen and oxygen atoms in total. The Morgan fingerprint density at radius 2 is 1.93 bits per heavy atom. The Kier molecular flexibility index (Phi) is 6.62. The molecule has 1 aliphatic rings. The number of nitrogens with zero attached hydrogens (tertiary/aromatic N) is 2. The maximum Gasteiger partial charge on any atom is 0.317 e. The third-order valence-electron chi connectivity index (χ3n) is 4.41. The van der Waals surface area contributed by atoms with Gasteiger partial charge in [0.15, 0.2) is 0 Å². The third-order valence-corrected chi connectivity index (χ3v) is 4.41. The number of benzene rings is 2. The Bertz CT molecular complexity index is 811. The van der Waals surface area contributed by atoms with Gasteiger partial charge in [-0.1, -0.05) is 24.3 Å². The summed E-state index contributed by atoms with van der Waals surface area (Å²) in [6, 6.07) is 16.5. The minimum Gasteiger partial charge on any atom is -0.480 e. The molecule has 2 aromatic rings. The van der Waals surface area contributed by atoms with Crippen LogP contribution in [0.3, 0.4) is 0 Å². The molecule has 2 aromatic carbocycles. The summed E-state index contributed by atoms with van der Waals surface area (Å²) in [7, 11) is 1.72. The van der Waals surface area contributed by atoms with Gasteiger partial charge in [0.2, 0.25) is 0 Å². The number of carbonyl (C=O) groups excluding carboxylic acids is 1. The summed E-state index contributed by atoms with van der Waals surface area (Å²) in [6.07, 6.45) is -0.217. The van der Waals surface area contributed by atoms with Crippen molar-refractivity contribution in [1.82, 2.24) is 9.80 Å². The van der Waals surface area contributed by atoms with Gasteiger partial charge in [-0.15, -0.1) is 0 Å². The van der Waals surface area contributed by atoms with E-state index in [-0.39, 0.29) is 18.6 Å². The molecule has 0 aromatic heterocycles. The van der Waals surface area contributed by atoms with E-state index in [4.69, 9.17) is 14.6 Å². The normalized spacial score (nSPS) is 16.8. The van der Waals surface area contributed by atoms with Crippen LogP contribution in [-0.2, 0) is 9.53 Å². The molecular weight excluding hydrogens is 360 g/mol. The highest BCUT2D eigenvalue weighted by Gasteiger charge is 2.26. The minimum absolute atomic E-state index is 0.0628. The molecule has 0 aliphatic carbocycles. The van der Waals surface area contributed by atoms with Crippen LogP contribution in [0.2, 0.25) is 0 Å². The van der Waals surface area contributed by atoms with E-state index in [1.807, 2.05) is 36.4 Å². The second-order valence-corrected chi connectivity index (χ2v) is 6.78. The lowest BCUT2D eigenvalue weighted by atomic mass is 10.1. The van der Waals surface area contributed by atoms with Crippen molar-refractivity contribution in [2.24, 2.45) is 0 Å². The van der Waals surface area contributed by atoms with Gasteiger partial charge in [0.25, 0.3) is 5.91 Å². The summed E-state index contributed by atoms with van der Waals surface area (Å²) in [4.78, 5) is 27.1. The Morgan fingerprint density at radius 3 is 2.68 bits per heavy atom. The number of hydrogen-bond donors (Lipinski definition) is 1. The van der Waals surface area contributed by atoms with Crippen LogP contribution in [0.5, 0.6) is 11.5 Å². The fraction of sp³-hybridized carbons (Fsp3) is 0.333. The molecule has 3 rings (SSSR count). The van der Waals surface area contributed by atoms with Gasteiger partial charge >= 0.3 is 5.97 Å². The standard InChI is InChI=1S/C21H24N2O5/c1-22(15-20(24)25)13-19-14-23(10-11-27-19)21(26)16-6-5-9-18(12-16)28-17-7-3-2-4-8-17/h2-9,12,19H,10-11,13-15H2,1H3,(H,24,25). The predicted octanol–water partition coefficient (Wildman–Crippen LogP) is 2.34. The van der Waals surface area contributed by atoms with Crippen molar-refractivity contribution in [3.8, 4) is 11.5 Å². The first-order valence-electron chi connectivity index (χ1n) is 9.15. The highest BCUT2D eigenvalue weighted by molar-refractivity contribution is 5.94. The number of carbonyl (C=O) groups is 2. The Labute approximate surface area is 164 Å². The molecule has 0 saturated carbocycles. The molecule has 1 unspecified atom stereocenters. The smallest absolute Gasteiger partial charge is 0.317 e. The fourth-order valence-electron chi connectivity index (χ4n) is 3.16. The number of carboxylic acid groups (broad SMARTS) is 1. The summed E-state index contributed by atoms with van der Waals surface area (Å²) < 4.78 is 11.5. The van der Waals surface area contributed by atoms with E-state index >= 15 is 0 Å². The van der Waals surface area contributed by atoms with Gasteiger partial charge in [-0.05, 0) is 37.4 Å². The van der Waals surface area contributed by atoms with Gasteiger partial charge in [-0.2, -0.15) is 0 Å². The van der Waals surface area contributed by atoms with E-state index in [1.165, 1.54) is 0 Å². The quantitative estimate of drug-likeness (QED) is 0.789. The van der Waals surface area contributed by atoms with E-state index in [0.717, 1.165) is 0 Å². The number of carboxylic acids is 1.